The highest BCUT2D eigenvalue weighted by molar-refractivity contribution is 6.45. The number of carbonyl (C=O) groups excluding carboxylic acids is 1. The van der Waals surface area contributed by atoms with Gasteiger partial charge in [0.15, 0.2) is 5.78 Å². The number of hydrogen-bond donors (Lipinski definition) is 0. The first-order valence-electron chi connectivity index (χ1n) is 8.89. The van der Waals surface area contributed by atoms with Gasteiger partial charge in [-0.1, -0.05) is 114 Å². The molecule has 4 aromatic rings. The largest absolute Gasteiger partial charge is 0.289 e. The molecule has 4 aromatic carbocycles. The average Bonchev–Trinajstić information content (AvgIpc) is 2.76. The minimum atomic E-state index is -0.0878. The third-order valence-electron chi connectivity index (χ3n) is 4.63. The highest BCUT2D eigenvalue weighted by Gasteiger charge is 2.23. The van der Waals surface area contributed by atoms with Gasteiger partial charge < -0.3 is 0 Å². The maximum atomic E-state index is 13.4. The molecule has 3 heteroatoms. The summed E-state index contributed by atoms with van der Waals surface area (Å²) in [5.74, 6) is -0.0878. The molecule has 0 aromatic heterocycles. The maximum absolute atomic E-state index is 13.4. The minimum Gasteiger partial charge on any atom is -0.289 e. The molecule has 0 spiro atoms. The van der Waals surface area contributed by atoms with Gasteiger partial charge >= 0.3 is 0 Å². The van der Waals surface area contributed by atoms with Gasteiger partial charge in [0.25, 0.3) is 0 Å². The number of halogens is 2. The lowest BCUT2D eigenvalue weighted by Gasteiger charge is -2.18. The van der Waals surface area contributed by atoms with Crippen LogP contribution in [-0.4, -0.2) is 5.78 Å². The Labute approximate surface area is 174 Å². The summed E-state index contributed by atoms with van der Waals surface area (Å²) in [6, 6.07) is 30.5. The highest BCUT2D eigenvalue weighted by Crippen LogP contribution is 2.44. The summed E-state index contributed by atoms with van der Waals surface area (Å²) < 4.78 is 0. The van der Waals surface area contributed by atoms with E-state index in [0.717, 1.165) is 22.3 Å². The van der Waals surface area contributed by atoms with Crippen LogP contribution in [0.3, 0.4) is 0 Å². The molecule has 0 aliphatic rings. The molecule has 4 rings (SSSR count). The molecule has 0 heterocycles. The Balaban J connectivity index is 2.07. The smallest absolute Gasteiger partial charge is 0.193 e. The zero-order valence-electron chi connectivity index (χ0n) is 14.9. The highest BCUT2D eigenvalue weighted by atomic mass is 35.5. The number of ketones is 1. The Kier molecular flexibility index (Phi) is 5.29. The van der Waals surface area contributed by atoms with E-state index in [1.807, 2.05) is 91.0 Å². The van der Waals surface area contributed by atoms with E-state index in [2.05, 4.69) is 0 Å². The first-order valence-corrected chi connectivity index (χ1v) is 9.65. The van der Waals surface area contributed by atoms with Crippen LogP contribution >= 0.6 is 23.2 Å². The Hall–Kier alpha value is -2.87. The van der Waals surface area contributed by atoms with Crippen molar-refractivity contribution in [3.05, 3.63) is 118 Å². The van der Waals surface area contributed by atoms with E-state index in [0.29, 0.717) is 21.2 Å². The van der Waals surface area contributed by atoms with Crippen molar-refractivity contribution in [2.24, 2.45) is 0 Å². The number of benzene rings is 4. The first-order chi connectivity index (χ1) is 13.7. The minimum absolute atomic E-state index is 0.0878. The summed E-state index contributed by atoms with van der Waals surface area (Å²) in [5.41, 5.74) is 4.52. The summed E-state index contributed by atoms with van der Waals surface area (Å²) in [4.78, 5) is 13.4. The van der Waals surface area contributed by atoms with Crippen molar-refractivity contribution >= 4 is 29.0 Å². The van der Waals surface area contributed by atoms with Crippen LogP contribution in [0.4, 0.5) is 0 Å². The van der Waals surface area contributed by atoms with Gasteiger partial charge in [0.2, 0.25) is 0 Å². The summed E-state index contributed by atoms with van der Waals surface area (Å²) in [6.45, 7) is 0. The predicted octanol–water partition coefficient (Wildman–Crippen LogP) is 7.56. The fourth-order valence-corrected chi connectivity index (χ4v) is 3.79. The van der Waals surface area contributed by atoms with E-state index in [9.17, 15) is 4.79 Å². The van der Waals surface area contributed by atoms with Crippen LogP contribution in [-0.2, 0) is 0 Å². The Morgan fingerprint density at radius 2 is 1.07 bits per heavy atom. The van der Waals surface area contributed by atoms with Crippen molar-refractivity contribution in [3.8, 4) is 22.3 Å². The molecule has 1 nitrogen and oxygen atoms in total. The van der Waals surface area contributed by atoms with Gasteiger partial charge in [0.1, 0.15) is 0 Å². The molecule has 0 unspecified atom stereocenters. The van der Waals surface area contributed by atoms with Crippen LogP contribution in [0.2, 0.25) is 10.0 Å². The Morgan fingerprint density at radius 1 is 0.607 bits per heavy atom. The molecule has 0 atom stereocenters. The SMILES string of the molecule is O=C(c1ccccc1)c1cc(Cl)c(Cl)c(-c2ccccc2)c1-c1ccccc1. The second-order valence-corrected chi connectivity index (χ2v) is 7.18. The van der Waals surface area contributed by atoms with Gasteiger partial charge in [-0.05, 0) is 17.2 Å². The summed E-state index contributed by atoms with van der Waals surface area (Å²) in [5, 5.41) is 0.802. The van der Waals surface area contributed by atoms with E-state index in [4.69, 9.17) is 23.2 Å². The third kappa shape index (κ3) is 3.47. The molecular weight excluding hydrogens is 387 g/mol. The second kappa shape index (κ2) is 8.02. The number of rotatable bonds is 4. The molecule has 0 amide bonds. The third-order valence-corrected chi connectivity index (χ3v) is 5.41. The quantitative estimate of drug-likeness (QED) is 0.321. The normalized spacial score (nSPS) is 10.6. The van der Waals surface area contributed by atoms with Gasteiger partial charge in [0.05, 0.1) is 10.0 Å². The molecule has 136 valence electrons. The molecule has 0 aliphatic carbocycles. The van der Waals surface area contributed by atoms with E-state index < -0.39 is 0 Å². The van der Waals surface area contributed by atoms with Gasteiger partial charge in [-0.3, -0.25) is 4.79 Å². The van der Waals surface area contributed by atoms with Crippen molar-refractivity contribution in [1.82, 2.24) is 0 Å². The van der Waals surface area contributed by atoms with Crippen molar-refractivity contribution < 1.29 is 4.79 Å². The first kappa shape index (κ1) is 18.5. The number of hydrogen-bond acceptors (Lipinski definition) is 1. The van der Waals surface area contributed by atoms with Crippen LogP contribution < -0.4 is 0 Å². The fraction of sp³-hybridized carbons (Fsp3) is 0. The van der Waals surface area contributed by atoms with Crippen LogP contribution in [0.5, 0.6) is 0 Å². The Morgan fingerprint density at radius 3 is 1.61 bits per heavy atom. The summed E-state index contributed by atoms with van der Waals surface area (Å²) >= 11 is 13.1. The molecule has 0 N–H and O–H groups in total. The fourth-order valence-electron chi connectivity index (χ4n) is 3.33. The van der Waals surface area contributed by atoms with Crippen LogP contribution in [0.25, 0.3) is 22.3 Å². The summed E-state index contributed by atoms with van der Waals surface area (Å²) in [6.07, 6.45) is 0. The molecule has 0 saturated heterocycles. The zero-order chi connectivity index (χ0) is 19.5. The van der Waals surface area contributed by atoms with Gasteiger partial charge in [-0.15, -0.1) is 0 Å². The lowest BCUT2D eigenvalue weighted by Crippen LogP contribution is -2.05. The summed E-state index contributed by atoms with van der Waals surface area (Å²) in [7, 11) is 0. The van der Waals surface area contributed by atoms with Crippen LogP contribution in [0, 0.1) is 0 Å². The molecule has 0 aliphatic heterocycles. The van der Waals surface area contributed by atoms with Crippen molar-refractivity contribution in [2.75, 3.05) is 0 Å². The monoisotopic (exact) mass is 402 g/mol. The molecule has 0 saturated carbocycles. The van der Waals surface area contributed by atoms with Crippen molar-refractivity contribution in [1.29, 1.82) is 0 Å². The molecule has 0 radical (unpaired) electrons. The molecular formula is C25H16Cl2O. The van der Waals surface area contributed by atoms with E-state index >= 15 is 0 Å². The second-order valence-electron chi connectivity index (χ2n) is 6.40. The lowest BCUT2D eigenvalue weighted by molar-refractivity contribution is 0.103. The Bertz CT molecular complexity index is 1120. The predicted molar refractivity (Wildman–Crippen MR) is 117 cm³/mol. The average molecular weight is 403 g/mol. The zero-order valence-corrected chi connectivity index (χ0v) is 16.4. The van der Waals surface area contributed by atoms with Gasteiger partial charge in [-0.25, -0.2) is 0 Å². The molecule has 0 fully saturated rings. The number of carbonyl (C=O) groups is 1. The van der Waals surface area contributed by atoms with E-state index in [-0.39, 0.29) is 5.78 Å². The van der Waals surface area contributed by atoms with Crippen molar-refractivity contribution in [3.63, 3.8) is 0 Å². The molecule has 0 bridgehead atoms. The van der Waals surface area contributed by atoms with E-state index in [1.165, 1.54) is 0 Å². The maximum Gasteiger partial charge on any atom is 0.193 e. The van der Waals surface area contributed by atoms with E-state index in [1.54, 1.807) is 6.07 Å². The van der Waals surface area contributed by atoms with Gasteiger partial charge in [0, 0.05) is 22.3 Å². The topological polar surface area (TPSA) is 17.1 Å². The van der Waals surface area contributed by atoms with Crippen molar-refractivity contribution in [2.45, 2.75) is 0 Å². The van der Waals surface area contributed by atoms with Crippen LogP contribution in [0.15, 0.2) is 97.1 Å². The lowest BCUT2D eigenvalue weighted by atomic mass is 9.87. The standard InChI is InChI=1S/C25H16Cl2O/c26-21-16-20(25(28)19-14-8-3-9-15-19)22(17-10-4-1-5-11-17)23(24(21)27)18-12-6-2-7-13-18/h1-16H. The van der Waals surface area contributed by atoms with Crippen LogP contribution in [0.1, 0.15) is 15.9 Å². The van der Waals surface area contributed by atoms with Gasteiger partial charge in [-0.2, -0.15) is 0 Å². The molecule has 28 heavy (non-hydrogen) atoms.